The molecule has 1 unspecified atom stereocenters. The zero-order chi connectivity index (χ0) is 20.4. The quantitative estimate of drug-likeness (QED) is 0.390. The molecule has 0 bridgehead atoms. The normalized spacial score (nSPS) is 16.4. The molecule has 0 amide bonds. The van der Waals surface area contributed by atoms with Crippen LogP contribution in [0, 0.1) is 6.92 Å². The second-order valence-corrected chi connectivity index (χ2v) is 7.38. The minimum absolute atomic E-state index is 0.0739. The van der Waals surface area contributed by atoms with Gasteiger partial charge in [-0.2, -0.15) is 5.10 Å². The molecule has 0 saturated carbocycles. The Labute approximate surface area is 174 Å². The first kappa shape index (κ1) is 19.1. The third kappa shape index (κ3) is 3.73. The molecule has 1 atom stereocenters. The lowest BCUT2D eigenvalue weighted by Crippen LogP contribution is -2.14. The van der Waals surface area contributed by atoms with Gasteiger partial charge in [0.05, 0.1) is 17.4 Å². The van der Waals surface area contributed by atoms with Gasteiger partial charge in [-0.05, 0) is 49.2 Å². The fraction of sp³-hybridized carbons (Fsp3) is 0.238. The first-order chi connectivity index (χ1) is 14.1. The molecule has 0 radical (unpaired) electrons. The molecule has 2 aromatic carbocycles. The summed E-state index contributed by atoms with van der Waals surface area (Å²) in [5.41, 5.74) is 6.76. The van der Waals surface area contributed by atoms with E-state index in [1.807, 2.05) is 41.9 Å². The Bertz CT molecular complexity index is 1080. The van der Waals surface area contributed by atoms with Crippen LogP contribution in [0.25, 0.3) is 11.3 Å². The Morgan fingerprint density at radius 1 is 1.28 bits per heavy atom. The third-order valence-electron chi connectivity index (χ3n) is 5.09. The zero-order valence-corrected chi connectivity index (χ0v) is 17.1. The molecule has 1 aliphatic heterocycles. The summed E-state index contributed by atoms with van der Waals surface area (Å²) in [5.74, 6) is 5.60. The molecule has 2 heterocycles. The van der Waals surface area contributed by atoms with E-state index in [1.54, 1.807) is 13.3 Å². The molecule has 8 heteroatoms. The van der Waals surface area contributed by atoms with E-state index in [-0.39, 0.29) is 6.04 Å². The van der Waals surface area contributed by atoms with Gasteiger partial charge in [-0.25, -0.2) is 4.68 Å². The second-order valence-electron chi connectivity index (χ2n) is 6.94. The highest BCUT2D eigenvalue weighted by Gasteiger charge is 2.26. The summed E-state index contributed by atoms with van der Waals surface area (Å²) >= 11 is 6.04. The molecule has 3 aromatic rings. The number of hydrazone groups is 1. The van der Waals surface area contributed by atoms with Crippen molar-refractivity contribution in [3.63, 3.8) is 0 Å². The number of hydrogen-bond acceptors (Lipinski definition) is 6. The van der Waals surface area contributed by atoms with Crippen molar-refractivity contribution in [2.24, 2.45) is 15.9 Å². The molecule has 3 N–H and O–H groups in total. The first-order valence-corrected chi connectivity index (χ1v) is 9.75. The molecule has 1 aromatic heterocycles. The van der Waals surface area contributed by atoms with Crippen LogP contribution < -0.4 is 11.2 Å². The first-order valence-electron chi connectivity index (χ1n) is 9.37. The number of aliphatic imine (C=N–C) groups is 1. The maximum atomic E-state index is 6.04. The average Bonchev–Trinajstić information content (AvgIpc) is 3.02. The van der Waals surface area contributed by atoms with E-state index in [9.17, 15) is 0 Å². The molecule has 7 nitrogen and oxygen atoms in total. The third-order valence-corrected chi connectivity index (χ3v) is 5.34. The van der Waals surface area contributed by atoms with Crippen molar-refractivity contribution in [3.05, 3.63) is 64.3 Å². The Hall–Kier alpha value is -3.19. The van der Waals surface area contributed by atoms with E-state index in [0.717, 1.165) is 46.7 Å². The number of halogens is 1. The minimum atomic E-state index is 0.0739. The molecule has 0 fully saturated rings. The lowest BCUT2D eigenvalue weighted by atomic mass is 9.93. The number of hydrogen-bond donors (Lipinski definition) is 2. The number of aryl methyl sites for hydroxylation is 2. The SMILES string of the molecule is CN=CC(=NN)c1ccc2c(c1)C(Nc1ccc(Cl)cc1)CCn1nnc(C)c1-2. The number of nitrogens with two attached hydrogens (primary N) is 1. The molecule has 1 aliphatic rings. The second kappa shape index (κ2) is 8.05. The molecule has 4 rings (SSSR count). The highest BCUT2D eigenvalue weighted by Crippen LogP contribution is 2.37. The van der Waals surface area contributed by atoms with E-state index in [0.29, 0.717) is 10.7 Å². The van der Waals surface area contributed by atoms with Crippen LogP contribution in [0.3, 0.4) is 0 Å². The van der Waals surface area contributed by atoms with E-state index in [4.69, 9.17) is 17.4 Å². The summed E-state index contributed by atoms with van der Waals surface area (Å²) in [7, 11) is 1.70. The molecule has 0 saturated heterocycles. The molecular weight excluding hydrogens is 386 g/mol. The van der Waals surface area contributed by atoms with Crippen molar-refractivity contribution < 1.29 is 0 Å². The molecule has 0 spiro atoms. The van der Waals surface area contributed by atoms with Gasteiger partial charge in [0.15, 0.2) is 0 Å². The van der Waals surface area contributed by atoms with E-state index in [1.165, 1.54) is 0 Å². The molecular formula is C21H22ClN7. The van der Waals surface area contributed by atoms with Gasteiger partial charge in [0, 0.05) is 41.6 Å². The number of nitrogens with one attached hydrogen (secondary N) is 1. The predicted octanol–water partition coefficient (Wildman–Crippen LogP) is 3.83. The number of nitrogens with zero attached hydrogens (tertiary/aromatic N) is 5. The van der Waals surface area contributed by atoms with Crippen molar-refractivity contribution >= 4 is 29.2 Å². The maximum absolute atomic E-state index is 6.04. The minimum Gasteiger partial charge on any atom is -0.378 e. The van der Waals surface area contributed by atoms with Crippen LogP contribution >= 0.6 is 11.6 Å². The number of anilines is 1. The van der Waals surface area contributed by atoms with Crippen LogP contribution in [0.1, 0.15) is 29.3 Å². The van der Waals surface area contributed by atoms with Gasteiger partial charge in [0.2, 0.25) is 0 Å². The lowest BCUT2D eigenvalue weighted by molar-refractivity contribution is 0.539. The number of fused-ring (bicyclic) bond motifs is 3. The van der Waals surface area contributed by atoms with Crippen LogP contribution in [0.4, 0.5) is 5.69 Å². The van der Waals surface area contributed by atoms with Crippen LogP contribution in [0.2, 0.25) is 5.02 Å². The van der Waals surface area contributed by atoms with Gasteiger partial charge in [-0.3, -0.25) is 4.99 Å². The van der Waals surface area contributed by atoms with Crippen LogP contribution in [0.15, 0.2) is 52.6 Å². The zero-order valence-electron chi connectivity index (χ0n) is 16.3. The maximum Gasteiger partial charge on any atom is 0.108 e. The van der Waals surface area contributed by atoms with Crippen LogP contribution in [0.5, 0.6) is 0 Å². The highest BCUT2D eigenvalue weighted by atomic mass is 35.5. The average molecular weight is 408 g/mol. The monoisotopic (exact) mass is 407 g/mol. The van der Waals surface area contributed by atoms with Gasteiger partial charge < -0.3 is 11.2 Å². The van der Waals surface area contributed by atoms with Crippen molar-refractivity contribution in [2.75, 3.05) is 12.4 Å². The van der Waals surface area contributed by atoms with Gasteiger partial charge >= 0.3 is 0 Å². The van der Waals surface area contributed by atoms with Gasteiger partial charge in [-0.1, -0.05) is 28.9 Å². The van der Waals surface area contributed by atoms with Crippen LogP contribution in [-0.2, 0) is 6.54 Å². The summed E-state index contributed by atoms with van der Waals surface area (Å²) in [6.45, 7) is 2.75. The van der Waals surface area contributed by atoms with Crippen LogP contribution in [-0.4, -0.2) is 34.0 Å². The summed E-state index contributed by atoms with van der Waals surface area (Å²) in [6, 6.07) is 14.0. The van der Waals surface area contributed by atoms with Gasteiger partial charge in [0.25, 0.3) is 0 Å². The van der Waals surface area contributed by atoms with E-state index >= 15 is 0 Å². The number of benzene rings is 2. The fourth-order valence-corrected chi connectivity index (χ4v) is 3.85. The summed E-state index contributed by atoms with van der Waals surface area (Å²) < 4.78 is 1.98. The predicted molar refractivity (Wildman–Crippen MR) is 118 cm³/mol. The van der Waals surface area contributed by atoms with E-state index < -0.39 is 0 Å². The molecule has 148 valence electrons. The largest absolute Gasteiger partial charge is 0.378 e. The highest BCUT2D eigenvalue weighted by molar-refractivity contribution is 6.38. The van der Waals surface area contributed by atoms with Crippen molar-refractivity contribution in [1.82, 2.24) is 15.0 Å². The topological polar surface area (TPSA) is 93.5 Å². The summed E-state index contributed by atoms with van der Waals surface area (Å²) in [4.78, 5) is 4.06. The Balaban J connectivity index is 1.83. The smallest absolute Gasteiger partial charge is 0.108 e. The number of rotatable bonds is 4. The summed E-state index contributed by atoms with van der Waals surface area (Å²) in [6.07, 6.45) is 2.52. The fourth-order valence-electron chi connectivity index (χ4n) is 3.73. The van der Waals surface area contributed by atoms with Crippen molar-refractivity contribution in [1.29, 1.82) is 0 Å². The van der Waals surface area contributed by atoms with E-state index in [2.05, 4.69) is 37.9 Å². The number of aromatic nitrogens is 3. The standard InChI is InChI=1S/C21H22ClN7/c1-13-21-17-8-3-14(20(26-23)12-24-2)11-18(17)19(9-10-29(21)28-27-13)25-16-6-4-15(22)5-7-16/h3-8,11-12,19,25H,9-10,23H2,1-2H3. The lowest BCUT2D eigenvalue weighted by Gasteiger charge is -2.21. The Kier molecular flexibility index (Phi) is 5.31. The van der Waals surface area contributed by atoms with Gasteiger partial charge in [0.1, 0.15) is 5.71 Å². The van der Waals surface area contributed by atoms with Gasteiger partial charge in [-0.15, -0.1) is 5.10 Å². The Morgan fingerprint density at radius 3 is 2.79 bits per heavy atom. The molecule has 29 heavy (non-hydrogen) atoms. The Morgan fingerprint density at radius 2 is 2.07 bits per heavy atom. The molecule has 0 aliphatic carbocycles. The van der Waals surface area contributed by atoms with Crippen molar-refractivity contribution in [2.45, 2.75) is 25.9 Å². The van der Waals surface area contributed by atoms with Crippen molar-refractivity contribution in [3.8, 4) is 11.3 Å². The summed E-state index contributed by atoms with van der Waals surface area (Å²) in [5, 5.41) is 16.8.